The Hall–Kier alpha value is -1.38. The van der Waals surface area contributed by atoms with Gasteiger partial charge in [0.05, 0.1) is 0 Å². The molecule has 0 saturated heterocycles. The van der Waals surface area contributed by atoms with E-state index in [1.54, 1.807) is 6.92 Å². The van der Waals surface area contributed by atoms with Crippen molar-refractivity contribution in [3.63, 3.8) is 0 Å². The molecule has 0 radical (unpaired) electrons. The lowest BCUT2D eigenvalue weighted by Crippen LogP contribution is -2.33. The normalized spacial score (nSPS) is 14.7. The summed E-state index contributed by atoms with van der Waals surface area (Å²) in [6, 6.07) is 14.2. The monoisotopic (exact) mass is 349 g/mol. The van der Waals surface area contributed by atoms with Gasteiger partial charge in [-0.15, -0.1) is 0 Å². The molecule has 5 heteroatoms. The number of carbonyl (C=O) groups is 1. The van der Waals surface area contributed by atoms with Crippen LogP contribution in [-0.2, 0) is 9.36 Å². The average molecular weight is 349 g/mol. The minimum Gasteiger partial charge on any atom is -0.478 e. The Morgan fingerprint density at radius 3 is 2.48 bits per heavy atom. The van der Waals surface area contributed by atoms with Crippen molar-refractivity contribution in [1.82, 2.24) is 0 Å². The van der Waals surface area contributed by atoms with Gasteiger partial charge in [-0.05, 0) is 35.7 Å². The summed E-state index contributed by atoms with van der Waals surface area (Å²) in [5.41, 5.74) is 0.323. The molecule has 2 aromatic rings. The Balaban J connectivity index is 2.11. The number of rotatable bonds is 7. The molecule has 3 nitrogen and oxygen atoms in total. The summed E-state index contributed by atoms with van der Waals surface area (Å²) in [4.78, 5) is 12.6. The molecule has 0 spiro atoms. The van der Waals surface area contributed by atoms with Crippen LogP contribution >= 0.6 is 19.6 Å². The highest BCUT2D eigenvalue weighted by atomic mass is 32.2. The molecule has 0 saturated carbocycles. The van der Waals surface area contributed by atoms with Crippen LogP contribution in [-0.4, -0.2) is 21.7 Å². The van der Waals surface area contributed by atoms with E-state index in [0.29, 0.717) is 11.9 Å². The SMILES string of the molecule is CC(C)CC(C)(C(=O)O)[P+](=O)CSc1ccc2ccccc2c1. The standard InChI is InChI=1S/C18H21O3PS/c1-13(2)11-18(3,17(19)20)22(21)12-23-16-9-8-14-6-4-5-7-15(14)10-16/h4-10,13H,11-12H2,1-3H3/p+1. The summed E-state index contributed by atoms with van der Waals surface area (Å²) in [6.45, 7) is 5.52. The first-order chi connectivity index (χ1) is 10.8. The Bertz CT molecular complexity index is 729. The number of benzene rings is 2. The highest BCUT2D eigenvalue weighted by molar-refractivity contribution is 8.04. The maximum absolute atomic E-state index is 12.6. The van der Waals surface area contributed by atoms with Crippen LogP contribution in [0.15, 0.2) is 47.4 Å². The maximum Gasteiger partial charge on any atom is 0.367 e. The molecule has 0 aliphatic carbocycles. The number of aliphatic carboxylic acids is 1. The van der Waals surface area contributed by atoms with E-state index < -0.39 is 18.9 Å². The van der Waals surface area contributed by atoms with Crippen LogP contribution in [0.25, 0.3) is 10.8 Å². The maximum atomic E-state index is 12.6. The zero-order valence-corrected chi connectivity index (χ0v) is 15.4. The van der Waals surface area contributed by atoms with Crippen LogP contribution in [0.4, 0.5) is 0 Å². The lowest BCUT2D eigenvalue weighted by atomic mass is 9.98. The van der Waals surface area contributed by atoms with Gasteiger partial charge in [0.25, 0.3) is 5.16 Å². The molecule has 0 heterocycles. The fraction of sp³-hybridized carbons (Fsp3) is 0.389. The van der Waals surface area contributed by atoms with Gasteiger partial charge in [0, 0.05) is 11.3 Å². The van der Waals surface area contributed by atoms with Gasteiger partial charge in [0.2, 0.25) is 0 Å². The molecule has 0 fully saturated rings. The number of hydrogen-bond donors (Lipinski definition) is 1. The minimum absolute atomic E-state index is 0.195. The molecular formula is C18H22O3PS+. The van der Waals surface area contributed by atoms with Crippen LogP contribution < -0.4 is 0 Å². The third-order valence-electron chi connectivity index (χ3n) is 3.89. The Morgan fingerprint density at radius 2 is 1.87 bits per heavy atom. The molecule has 0 amide bonds. The smallest absolute Gasteiger partial charge is 0.367 e. The summed E-state index contributed by atoms with van der Waals surface area (Å²) in [6.07, 6.45) is 0.426. The van der Waals surface area contributed by atoms with Crippen molar-refractivity contribution in [1.29, 1.82) is 0 Å². The summed E-state index contributed by atoms with van der Waals surface area (Å²) < 4.78 is 12.6. The van der Waals surface area contributed by atoms with Crippen LogP contribution in [0.1, 0.15) is 27.2 Å². The van der Waals surface area contributed by atoms with Gasteiger partial charge in [0.1, 0.15) is 0 Å². The Morgan fingerprint density at radius 1 is 1.22 bits per heavy atom. The molecular weight excluding hydrogens is 327 g/mol. The van der Waals surface area contributed by atoms with E-state index in [9.17, 15) is 14.5 Å². The Kier molecular flexibility index (Phi) is 5.83. The molecule has 0 aliphatic heterocycles. The number of carboxylic acids is 1. The predicted octanol–water partition coefficient (Wildman–Crippen LogP) is 5.61. The molecule has 0 aromatic heterocycles. The number of hydrogen-bond acceptors (Lipinski definition) is 3. The molecule has 2 aromatic carbocycles. The van der Waals surface area contributed by atoms with Crippen molar-refractivity contribution >= 4 is 36.3 Å². The lowest BCUT2D eigenvalue weighted by molar-refractivity contribution is -0.140. The summed E-state index contributed by atoms with van der Waals surface area (Å²) in [5.74, 6) is -0.771. The van der Waals surface area contributed by atoms with Crippen molar-refractivity contribution in [2.45, 2.75) is 37.2 Å². The van der Waals surface area contributed by atoms with E-state index in [1.165, 1.54) is 11.8 Å². The van der Waals surface area contributed by atoms with E-state index in [2.05, 4.69) is 6.07 Å². The van der Waals surface area contributed by atoms with Crippen LogP contribution in [0.5, 0.6) is 0 Å². The van der Waals surface area contributed by atoms with Gasteiger partial charge >= 0.3 is 13.8 Å². The molecule has 2 unspecified atom stereocenters. The quantitative estimate of drug-likeness (QED) is 0.522. The lowest BCUT2D eigenvalue weighted by Gasteiger charge is -2.16. The molecule has 122 valence electrons. The predicted molar refractivity (Wildman–Crippen MR) is 97.8 cm³/mol. The third-order valence-corrected chi connectivity index (χ3v) is 7.40. The van der Waals surface area contributed by atoms with E-state index in [1.807, 2.05) is 50.2 Å². The topological polar surface area (TPSA) is 54.4 Å². The number of thioether (sulfide) groups is 1. The van der Waals surface area contributed by atoms with Gasteiger partial charge in [-0.3, -0.25) is 0 Å². The second kappa shape index (κ2) is 7.46. The average Bonchev–Trinajstić information content (AvgIpc) is 2.51. The van der Waals surface area contributed by atoms with Crippen molar-refractivity contribution in [3.8, 4) is 0 Å². The summed E-state index contributed by atoms with van der Waals surface area (Å²) in [7, 11) is -1.85. The molecule has 0 aliphatic rings. The first kappa shape index (κ1) is 18.0. The fourth-order valence-electron chi connectivity index (χ4n) is 2.62. The van der Waals surface area contributed by atoms with Gasteiger partial charge in [-0.25, -0.2) is 4.79 Å². The molecule has 2 rings (SSSR count). The minimum atomic E-state index is -1.85. The van der Waals surface area contributed by atoms with Crippen molar-refractivity contribution in [3.05, 3.63) is 42.5 Å². The number of fused-ring (bicyclic) bond motifs is 1. The van der Waals surface area contributed by atoms with Gasteiger partial charge in [-0.1, -0.05) is 60.5 Å². The fourth-order valence-corrected chi connectivity index (χ4v) is 5.99. The summed E-state index contributed by atoms with van der Waals surface area (Å²) >= 11 is 1.47. The van der Waals surface area contributed by atoms with Crippen molar-refractivity contribution in [2.24, 2.45) is 5.92 Å². The van der Waals surface area contributed by atoms with Gasteiger partial charge < -0.3 is 5.11 Å². The zero-order chi connectivity index (χ0) is 17.0. The van der Waals surface area contributed by atoms with E-state index in [-0.39, 0.29) is 5.92 Å². The molecule has 0 bridgehead atoms. The van der Waals surface area contributed by atoms with Crippen molar-refractivity contribution < 1.29 is 14.5 Å². The zero-order valence-electron chi connectivity index (χ0n) is 13.7. The Labute approximate surface area is 142 Å². The van der Waals surface area contributed by atoms with Gasteiger partial charge in [-0.2, -0.15) is 0 Å². The molecule has 1 N–H and O–H groups in total. The van der Waals surface area contributed by atoms with E-state index in [0.717, 1.165) is 15.7 Å². The molecule has 23 heavy (non-hydrogen) atoms. The highest BCUT2D eigenvalue weighted by Gasteiger charge is 2.51. The third kappa shape index (κ3) is 4.33. The summed E-state index contributed by atoms with van der Waals surface area (Å²) in [5, 5.41) is 10.6. The van der Waals surface area contributed by atoms with Crippen LogP contribution in [0.3, 0.4) is 0 Å². The second-order valence-electron chi connectivity index (χ2n) is 6.34. The highest BCUT2D eigenvalue weighted by Crippen LogP contribution is 2.47. The van der Waals surface area contributed by atoms with Crippen LogP contribution in [0.2, 0.25) is 0 Å². The molecule has 2 atom stereocenters. The first-order valence-electron chi connectivity index (χ1n) is 7.62. The van der Waals surface area contributed by atoms with E-state index >= 15 is 0 Å². The first-order valence-corrected chi connectivity index (χ1v) is 10.1. The van der Waals surface area contributed by atoms with Crippen molar-refractivity contribution in [2.75, 3.05) is 5.49 Å². The second-order valence-corrected chi connectivity index (χ2v) is 9.87. The van der Waals surface area contributed by atoms with Crippen LogP contribution in [0, 0.1) is 5.92 Å². The largest absolute Gasteiger partial charge is 0.478 e. The number of carboxylic acid groups (broad SMARTS) is 1. The van der Waals surface area contributed by atoms with E-state index in [4.69, 9.17) is 0 Å². The van der Waals surface area contributed by atoms with Gasteiger partial charge in [0.15, 0.2) is 5.49 Å².